The zero-order chi connectivity index (χ0) is 8.27. The van der Waals surface area contributed by atoms with Gasteiger partial charge >= 0.3 is 5.97 Å². The van der Waals surface area contributed by atoms with Gasteiger partial charge in [-0.2, -0.15) is 0 Å². The van der Waals surface area contributed by atoms with E-state index in [-0.39, 0.29) is 18.0 Å². The van der Waals surface area contributed by atoms with E-state index < -0.39 is 5.97 Å². The molecule has 0 saturated heterocycles. The highest BCUT2D eigenvalue weighted by molar-refractivity contribution is 5.90. The van der Waals surface area contributed by atoms with Crippen LogP contribution in [0.5, 0.6) is 0 Å². The van der Waals surface area contributed by atoms with E-state index >= 15 is 0 Å². The molecule has 1 aromatic heterocycles. The molecule has 0 fully saturated rings. The molecule has 1 aromatic rings. The van der Waals surface area contributed by atoms with Gasteiger partial charge in [-0.25, -0.2) is 9.78 Å². The Morgan fingerprint density at radius 1 is 1.75 bits per heavy atom. The number of carboxylic acid groups (broad SMARTS) is 1. The van der Waals surface area contributed by atoms with E-state index in [1.54, 1.807) is 6.20 Å². The van der Waals surface area contributed by atoms with Crippen LogP contribution < -0.4 is 0 Å². The van der Waals surface area contributed by atoms with Gasteiger partial charge in [-0.05, 0) is 13.0 Å². The highest BCUT2D eigenvalue weighted by Crippen LogP contribution is 2.01. The predicted molar refractivity (Wildman–Crippen MR) is 47.1 cm³/mol. The number of aromatic amines is 1. The van der Waals surface area contributed by atoms with Crippen molar-refractivity contribution in [1.82, 2.24) is 9.97 Å². The Morgan fingerprint density at radius 3 is 2.83 bits per heavy atom. The van der Waals surface area contributed by atoms with E-state index in [1.165, 1.54) is 19.3 Å². The molecule has 0 unspecified atom stereocenters. The fourth-order valence-corrected chi connectivity index (χ4v) is 0.641. The summed E-state index contributed by atoms with van der Waals surface area (Å²) in [7, 11) is 0. The molecule has 0 amide bonds. The van der Waals surface area contributed by atoms with Gasteiger partial charge in [-0.3, -0.25) is 0 Å². The number of H-pyrrole nitrogens is 1. The molecule has 0 aliphatic carbocycles. The lowest BCUT2D eigenvalue weighted by atomic mass is 10.2. The molecule has 0 aliphatic heterocycles. The average molecular weight is 189 g/mol. The first kappa shape index (κ1) is 10.7. The number of rotatable bonds is 2. The fraction of sp³-hybridized carbons (Fsp3) is 0.143. The van der Waals surface area contributed by atoms with Gasteiger partial charge in [0.2, 0.25) is 0 Å². The maximum Gasteiger partial charge on any atom is 0.331 e. The smallest absolute Gasteiger partial charge is 0.331 e. The number of carbonyl (C=O) groups is 1. The summed E-state index contributed by atoms with van der Waals surface area (Å²) in [6.07, 6.45) is 4.59. The van der Waals surface area contributed by atoms with Crippen molar-refractivity contribution in [3.05, 3.63) is 23.8 Å². The molecular formula is C7H9ClN2O2. The Kier molecular flexibility index (Phi) is 4.07. The molecule has 0 bridgehead atoms. The summed E-state index contributed by atoms with van der Waals surface area (Å²) >= 11 is 0. The third kappa shape index (κ3) is 2.75. The van der Waals surface area contributed by atoms with Gasteiger partial charge in [0, 0.05) is 5.57 Å². The van der Waals surface area contributed by atoms with Crippen molar-refractivity contribution in [2.24, 2.45) is 0 Å². The van der Waals surface area contributed by atoms with Crippen LogP contribution in [-0.2, 0) is 4.79 Å². The summed E-state index contributed by atoms with van der Waals surface area (Å²) in [5, 5.41) is 8.48. The number of aliphatic carboxylic acids is 1. The molecule has 4 nitrogen and oxygen atoms in total. The molecular weight excluding hydrogens is 180 g/mol. The average Bonchev–Trinajstić information content (AvgIpc) is 2.39. The Balaban J connectivity index is 0.00000121. The van der Waals surface area contributed by atoms with Crippen molar-refractivity contribution >= 4 is 24.5 Å². The number of nitrogens with zero attached hydrogens (tertiary/aromatic N) is 1. The van der Waals surface area contributed by atoms with Crippen molar-refractivity contribution in [3.63, 3.8) is 0 Å². The molecule has 66 valence electrons. The van der Waals surface area contributed by atoms with Gasteiger partial charge in [-0.1, -0.05) is 0 Å². The first-order valence-electron chi connectivity index (χ1n) is 3.10. The first-order chi connectivity index (χ1) is 5.20. The van der Waals surface area contributed by atoms with E-state index in [0.717, 1.165) is 0 Å². The first-order valence-corrected chi connectivity index (χ1v) is 3.10. The van der Waals surface area contributed by atoms with Gasteiger partial charge in [-0.15, -0.1) is 12.4 Å². The second-order valence-electron chi connectivity index (χ2n) is 2.14. The summed E-state index contributed by atoms with van der Waals surface area (Å²) in [6, 6.07) is 0. The van der Waals surface area contributed by atoms with Crippen LogP contribution >= 0.6 is 12.4 Å². The molecule has 12 heavy (non-hydrogen) atoms. The molecule has 5 heteroatoms. The number of halogens is 1. The normalized spacial score (nSPS) is 10.6. The second-order valence-corrected chi connectivity index (χ2v) is 2.14. The highest BCUT2D eigenvalue weighted by Gasteiger charge is 1.99. The van der Waals surface area contributed by atoms with Crippen molar-refractivity contribution in [2.75, 3.05) is 0 Å². The predicted octanol–water partition coefficient (Wildman–Crippen LogP) is 1.32. The van der Waals surface area contributed by atoms with E-state index in [4.69, 9.17) is 5.11 Å². The number of hydrogen-bond donors (Lipinski definition) is 2. The van der Waals surface area contributed by atoms with E-state index in [0.29, 0.717) is 5.69 Å². The van der Waals surface area contributed by atoms with Crippen molar-refractivity contribution in [2.45, 2.75) is 6.92 Å². The van der Waals surface area contributed by atoms with Crippen LogP contribution in [0.15, 0.2) is 18.1 Å². The topological polar surface area (TPSA) is 66.0 Å². The van der Waals surface area contributed by atoms with E-state index in [1.807, 2.05) is 0 Å². The zero-order valence-electron chi connectivity index (χ0n) is 6.44. The molecule has 2 N–H and O–H groups in total. The van der Waals surface area contributed by atoms with Gasteiger partial charge in [0.25, 0.3) is 0 Å². The largest absolute Gasteiger partial charge is 0.478 e. The standard InChI is InChI=1S/C7H8N2O2.ClH/c1-5(7(10)11)2-6-3-8-4-9-6;/h2-4H,1H3,(H,8,9)(H,10,11);1H/b5-2+;. The molecule has 0 aliphatic rings. The van der Waals surface area contributed by atoms with Crippen LogP contribution in [-0.4, -0.2) is 21.0 Å². The minimum absolute atomic E-state index is 0. The molecule has 0 radical (unpaired) electrons. The molecule has 0 saturated carbocycles. The monoisotopic (exact) mass is 188 g/mol. The van der Waals surface area contributed by atoms with Crippen LogP contribution in [0.4, 0.5) is 0 Å². The molecule has 1 rings (SSSR count). The molecule has 0 atom stereocenters. The Labute approximate surface area is 75.7 Å². The lowest BCUT2D eigenvalue weighted by Gasteiger charge is -1.89. The summed E-state index contributed by atoms with van der Waals surface area (Å²) in [6.45, 7) is 1.53. The van der Waals surface area contributed by atoms with Crippen LogP contribution in [0.25, 0.3) is 6.08 Å². The Bertz CT molecular complexity index is 280. The third-order valence-electron chi connectivity index (χ3n) is 1.23. The van der Waals surface area contributed by atoms with Gasteiger partial charge in [0.15, 0.2) is 0 Å². The zero-order valence-corrected chi connectivity index (χ0v) is 7.26. The molecule has 0 spiro atoms. The summed E-state index contributed by atoms with van der Waals surface area (Å²) in [5.41, 5.74) is 0.985. The SMILES string of the molecule is C/C(=C\c1cnc[nH]1)C(=O)O.Cl. The third-order valence-corrected chi connectivity index (χ3v) is 1.23. The van der Waals surface area contributed by atoms with Gasteiger partial charge in [0.1, 0.15) is 0 Å². The van der Waals surface area contributed by atoms with Crippen LogP contribution in [0, 0.1) is 0 Å². The fourth-order valence-electron chi connectivity index (χ4n) is 0.641. The van der Waals surface area contributed by atoms with Crippen molar-refractivity contribution in [1.29, 1.82) is 0 Å². The maximum atomic E-state index is 10.3. The van der Waals surface area contributed by atoms with Crippen LogP contribution in [0.2, 0.25) is 0 Å². The number of nitrogens with one attached hydrogen (secondary N) is 1. The van der Waals surface area contributed by atoms with Gasteiger partial charge in [0.05, 0.1) is 18.2 Å². The van der Waals surface area contributed by atoms with Crippen LogP contribution in [0.3, 0.4) is 0 Å². The second kappa shape index (κ2) is 4.56. The minimum Gasteiger partial charge on any atom is -0.478 e. The Morgan fingerprint density at radius 2 is 2.42 bits per heavy atom. The number of imidazole rings is 1. The lowest BCUT2D eigenvalue weighted by molar-refractivity contribution is -0.132. The molecule has 1 heterocycles. The van der Waals surface area contributed by atoms with E-state index in [2.05, 4.69) is 9.97 Å². The minimum atomic E-state index is -0.917. The quantitative estimate of drug-likeness (QED) is 0.688. The van der Waals surface area contributed by atoms with Crippen LogP contribution in [0.1, 0.15) is 12.6 Å². The summed E-state index contributed by atoms with van der Waals surface area (Å²) < 4.78 is 0. The van der Waals surface area contributed by atoms with E-state index in [9.17, 15) is 4.79 Å². The maximum absolute atomic E-state index is 10.3. The summed E-state index contributed by atoms with van der Waals surface area (Å²) in [5.74, 6) is -0.917. The lowest BCUT2D eigenvalue weighted by Crippen LogP contribution is -1.95. The summed E-state index contributed by atoms with van der Waals surface area (Å²) in [4.78, 5) is 16.8. The molecule has 0 aromatic carbocycles. The van der Waals surface area contributed by atoms with Gasteiger partial charge < -0.3 is 10.1 Å². The Hall–Kier alpha value is -1.29. The number of hydrogen-bond acceptors (Lipinski definition) is 2. The van der Waals surface area contributed by atoms with Crippen molar-refractivity contribution < 1.29 is 9.90 Å². The highest BCUT2D eigenvalue weighted by atomic mass is 35.5. The number of carboxylic acids is 1. The number of aromatic nitrogens is 2. The van der Waals surface area contributed by atoms with Crippen molar-refractivity contribution in [3.8, 4) is 0 Å².